The van der Waals surface area contributed by atoms with E-state index in [0.717, 1.165) is 31.5 Å². The van der Waals surface area contributed by atoms with Crippen LogP contribution >= 0.6 is 0 Å². The summed E-state index contributed by atoms with van der Waals surface area (Å²) in [7, 11) is 2.40. The summed E-state index contributed by atoms with van der Waals surface area (Å²) in [4.78, 5) is 21.6. The van der Waals surface area contributed by atoms with Crippen LogP contribution in [0, 0.1) is 5.82 Å². The first-order valence-electron chi connectivity index (χ1n) is 12.6. The molecule has 2 atom stereocenters. The zero-order valence-corrected chi connectivity index (χ0v) is 21.2. The maximum absolute atomic E-state index is 15.2. The van der Waals surface area contributed by atoms with Gasteiger partial charge in [-0.25, -0.2) is 9.37 Å². The molecule has 6 rings (SSSR count). The molecule has 0 spiro atoms. The lowest BCUT2D eigenvalue weighted by atomic mass is 9.89. The number of hydrogen-bond donors (Lipinski definition) is 0. The van der Waals surface area contributed by atoms with Crippen LogP contribution in [0.3, 0.4) is 0 Å². The van der Waals surface area contributed by atoms with Gasteiger partial charge in [-0.15, -0.1) is 0 Å². The number of methoxy groups -OCH3 is 1. The number of rotatable bonds is 5. The van der Waals surface area contributed by atoms with Crippen LogP contribution in [0.5, 0.6) is 5.75 Å². The third kappa shape index (κ3) is 4.66. The molecule has 4 aromatic rings. The van der Waals surface area contributed by atoms with Crippen molar-refractivity contribution in [2.75, 3.05) is 13.7 Å². The second-order valence-corrected chi connectivity index (χ2v) is 10.0. The average molecular weight is 544 g/mol. The lowest BCUT2D eigenvalue weighted by Crippen LogP contribution is -2.28. The number of hydrogen-bond acceptors (Lipinski definition) is 6. The first-order valence-corrected chi connectivity index (χ1v) is 12.6. The molecule has 12 heteroatoms. The Balaban J connectivity index is 1.48. The van der Waals surface area contributed by atoms with Gasteiger partial charge in [0.05, 0.1) is 36.5 Å². The summed E-state index contributed by atoms with van der Waals surface area (Å²) in [5.41, 5.74) is -0.00945. The molecule has 4 heterocycles. The van der Waals surface area contributed by atoms with Crippen LogP contribution in [0.2, 0.25) is 0 Å². The van der Waals surface area contributed by atoms with Gasteiger partial charge in [-0.2, -0.15) is 18.3 Å². The Kier molecular flexibility index (Phi) is 6.17. The van der Waals surface area contributed by atoms with Gasteiger partial charge in [-0.3, -0.25) is 19.0 Å². The van der Waals surface area contributed by atoms with Crippen LogP contribution in [-0.4, -0.2) is 38.0 Å². The molecule has 1 aliphatic heterocycles. The van der Waals surface area contributed by atoms with Crippen molar-refractivity contribution in [2.45, 2.75) is 49.9 Å². The van der Waals surface area contributed by atoms with Gasteiger partial charge in [0.25, 0.3) is 5.56 Å². The van der Waals surface area contributed by atoms with Gasteiger partial charge >= 0.3 is 6.18 Å². The molecule has 1 aliphatic carbocycles. The van der Waals surface area contributed by atoms with E-state index in [2.05, 4.69) is 15.1 Å². The number of ether oxygens (including phenoxy) is 2. The molecule has 2 unspecified atom stereocenters. The number of nitrogens with zero attached hydrogens (tertiary/aromatic N) is 5. The molecule has 39 heavy (non-hydrogen) atoms. The Bertz CT molecular complexity index is 1630. The summed E-state index contributed by atoms with van der Waals surface area (Å²) in [6.07, 6.45) is 1.90. The van der Waals surface area contributed by atoms with Crippen LogP contribution in [0.25, 0.3) is 22.2 Å². The SMILES string of the molecule is COc1ccc(-c2nc(C3CCOC(c4cnn(C5CC5)c4)C3)cc3c(=O)n(C)c(C(F)(F)F)nc23)c(F)c1. The van der Waals surface area contributed by atoms with Crippen LogP contribution in [0.15, 0.2) is 41.5 Å². The number of halogens is 4. The van der Waals surface area contributed by atoms with Crippen molar-refractivity contribution in [2.24, 2.45) is 7.05 Å². The topological polar surface area (TPSA) is 84.1 Å². The van der Waals surface area contributed by atoms with E-state index in [1.807, 2.05) is 10.9 Å². The summed E-state index contributed by atoms with van der Waals surface area (Å²) in [5.74, 6) is -2.10. The fourth-order valence-electron chi connectivity index (χ4n) is 5.11. The molecule has 2 fully saturated rings. The summed E-state index contributed by atoms with van der Waals surface area (Å²) in [6, 6.07) is 5.87. The molecule has 2 aliphatic rings. The first kappa shape index (κ1) is 25.5. The summed E-state index contributed by atoms with van der Waals surface area (Å²) in [5, 5.41) is 4.38. The van der Waals surface area contributed by atoms with E-state index in [0.29, 0.717) is 35.8 Å². The largest absolute Gasteiger partial charge is 0.497 e. The molecule has 0 N–H and O–H groups in total. The van der Waals surface area contributed by atoms with Gasteiger partial charge in [-0.05, 0) is 43.9 Å². The number of benzene rings is 1. The van der Waals surface area contributed by atoms with Crippen LogP contribution < -0.4 is 10.3 Å². The molecule has 0 radical (unpaired) electrons. The van der Waals surface area contributed by atoms with E-state index in [1.165, 1.54) is 25.3 Å². The highest BCUT2D eigenvalue weighted by Gasteiger charge is 2.37. The molecule has 0 amide bonds. The van der Waals surface area contributed by atoms with Gasteiger partial charge in [-0.1, -0.05) is 0 Å². The van der Waals surface area contributed by atoms with Crippen molar-refractivity contribution in [1.29, 1.82) is 0 Å². The predicted octanol–water partition coefficient (Wildman–Crippen LogP) is 5.33. The highest BCUT2D eigenvalue weighted by atomic mass is 19.4. The normalized spacial score (nSPS) is 19.9. The Morgan fingerprint density at radius 3 is 2.62 bits per heavy atom. The van der Waals surface area contributed by atoms with E-state index in [4.69, 9.17) is 9.47 Å². The van der Waals surface area contributed by atoms with Crippen molar-refractivity contribution in [3.05, 3.63) is 69.9 Å². The Labute approximate surface area is 220 Å². The number of pyridine rings is 1. The quantitative estimate of drug-likeness (QED) is 0.317. The van der Waals surface area contributed by atoms with Crippen molar-refractivity contribution >= 4 is 10.9 Å². The fourth-order valence-corrected chi connectivity index (χ4v) is 5.11. The van der Waals surface area contributed by atoms with Crippen LogP contribution in [0.4, 0.5) is 17.6 Å². The minimum atomic E-state index is -4.89. The monoisotopic (exact) mass is 543 g/mol. The van der Waals surface area contributed by atoms with Gasteiger partial charge in [0.2, 0.25) is 5.82 Å². The number of fused-ring (bicyclic) bond motifs is 1. The first-order chi connectivity index (χ1) is 18.6. The summed E-state index contributed by atoms with van der Waals surface area (Å²) >= 11 is 0. The molecule has 3 aromatic heterocycles. The van der Waals surface area contributed by atoms with Crippen molar-refractivity contribution < 1.29 is 27.0 Å². The van der Waals surface area contributed by atoms with E-state index in [9.17, 15) is 18.0 Å². The number of aromatic nitrogens is 5. The second-order valence-electron chi connectivity index (χ2n) is 10.0. The Morgan fingerprint density at radius 1 is 1.13 bits per heavy atom. The molecule has 1 aromatic carbocycles. The Morgan fingerprint density at radius 2 is 1.92 bits per heavy atom. The van der Waals surface area contributed by atoms with E-state index in [1.54, 1.807) is 6.20 Å². The lowest BCUT2D eigenvalue weighted by molar-refractivity contribution is -0.147. The molecule has 1 saturated carbocycles. The minimum absolute atomic E-state index is 0.0645. The van der Waals surface area contributed by atoms with Gasteiger partial charge in [0, 0.05) is 48.7 Å². The molecular formula is C27H25F4N5O3. The van der Waals surface area contributed by atoms with Gasteiger partial charge in [0.15, 0.2) is 0 Å². The van der Waals surface area contributed by atoms with Gasteiger partial charge < -0.3 is 9.47 Å². The average Bonchev–Trinajstić information content (AvgIpc) is 3.65. The van der Waals surface area contributed by atoms with E-state index < -0.39 is 23.4 Å². The zero-order valence-electron chi connectivity index (χ0n) is 21.2. The highest BCUT2D eigenvalue weighted by Crippen LogP contribution is 2.41. The molecular weight excluding hydrogens is 518 g/mol. The highest BCUT2D eigenvalue weighted by molar-refractivity contribution is 5.91. The molecule has 1 saturated heterocycles. The standard InChI is InChI=1S/C27H25F4N5O3/c1-35-25(37)19-11-21(14-7-8-39-22(9-14)15-12-32-36(13-15)16-3-4-16)33-23(24(19)34-26(35)27(29,30)31)18-6-5-17(38-2)10-20(18)28/h5-6,10-14,16,22H,3-4,7-9H2,1-2H3. The summed E-state index contributed by atoms with van der Waals surface area (Å²) < 4.78 is 69.9. The van der Waals surface area contributed by atoms with Crippen molar-refractivity contribution in [3.63, 3.8) is 0 Å². The second kappa shape index (κ2) is 9.44. The zero-order chi connectivity index (χ0) is 27.5. The minimum Gasteiger partial charge on any atom is -0.497 e. The third-order valence-electron chi connectivity index (χ3n) is 7.38. The molecule has 8 nitrogen and oxygen atoms in total. The van der Waals surface area contributed by atoms with Crippen LogP contribution in [-0.2, 0) is 18.0 Å². The maximum Gasteiger partial charge on any atom is 0.449 e. The van der Waals surface area contributed by atoms with E-state index in [-0.39, 0.29) is 39.9 Å². The molecule has 204 valence electrons. The smallest absolute Gasteiger partial charge is 0.449 e. The number of alkyl halides is 3. The summed E-state index contributed by atoms with van der Waals surface area (Å²) in [6.45, 7) is 0.416. The van der Waals surface area contributed by atoms with Crippen molar-refractivity contribution in [1.82, 2.24) is 24.3 Å². The lowest BCUT2D eigenvalue weighted by Gasteiger charge is -2.29. The van der Waals surface area contributed by atoms with Crippen molar-refractivity contribution in [3.8, 4) is 17.0 Å². The Hall–Kier alpha value is -3.80. The fraction of sp³-hybridized carbons (Fsp3) is 0.407. The van der Waals surface area contributed by atoms with E-state index >= 15 is 4.39 Å². The third-order valence-corrected chi connectivity index (χ3v) is 7.38. The van der Waals surface area contributed by atoms with Gasteiger partial charge in [0.1, 0.15) is 17.1 Å². The molecule has 0 bridgehead atoms. The van der Waals surface area contributed by atoms with Crippen LogP contribution in [0.1, 0.15) is 60.8 Å². The predicted molar refractivity (Wildman–Crippen MR) is 133 cm³/mol. The maximum atomic E-state index is 15.2.